The fourth-order valence-corrected chi connectivity index (χ4v) is 11.4. The zero-order chi connectivity index (χ0) is 45.7. The van der Waals surface area contributed by atoms with Crippen LogP contribution in [0.2, 0.25) is 0 Å². The van der Waals surface area contributed by atoms with Crippen molar-refractivity contribution in [1.82, 2.24) is 4.48 Å². The lowest BCUT2D eigenvalue weighted by molar-refractivity contribution is 0.704. The van der Waals surface area contributed by atoms with E-state index in [0.717, 1.165) is 11.4 Å². The van der Waals surface area contributed by atoms with Crippen molar-refractivity contribution in [1.29, 1.82) is 0 Å². The average molecular weight is 870 g/mol. The molecule has 0 aliphatic heterocycles. The second kappa shape index (κ2) is 15.4. The van der Waals surface area contributed by atoms with Crippen molar-refractivity contribution in [3.05, 3.63) is 241 Å². The zero-order valence-corrected chi connectivity index (χ0v) is 38.7. The van der Waals surface area contributed by atoms with Gasteiger partial charge < -0.3 is 5.32 Å². The first-order chi connectivity index (χ1) is 33.3. The van der Waals surface area contributed by atoms with E-state index in [1.165, 1.54) is 132 Å². The summed E-state index contributed by atoms with van der Waals surface area (Å²) in [6.45, 7) is 8.67. The SMILES string of the molecule is Cc1ccc(Nc2ccc3c(c2)c2ccc(-c4ccccc4)c4cc5c6cc([N+](c7ccc(C)cc7)(c7ccc(C)cc7)c7ccc(C)cc7)cc7ccc(-c8ccccc8)c(c76)c5c3c42)cc1. The van der Waals surface area contributed by atoms with E-state index in [1.54, 1.807) is 0 Å². The Bertz CT molecular complexity index is 3910. The maximum absolute atomic E-state index is 3.74. The van der Waals surface area contributed by atoms with E-state index in [1.807, 2.05) is 0 Å². The van der Waals surface area contributed by atoms with E-state index in [-0.39, 0.29) is 0 Å². The molecular weight excluding hydrogens is 821 g/mol. The number of fused-ring (bicyclic) bond motifs is 7. The number of nitrogens with one attached hydrogen (secondary N) is 1. The van der Waals surface area contributed by atoms with E-state index < -0.39 is 0 Å². The molecule has 2 heteroatoms. The molecule has 13 aromatic rings. The van der Waals surface area contributed by atoms with Crippen LogP contribution in [0.1, 0.15) is 22.3 Å². The van der Waals surface area contributed by atoms with Gasteiger partial charge in [-0.1, -0.05) is 162 Å². The Morgan fingerprint density at radius 3 is 1.34 bits per heavy atom. The molecular formula is C66H49N2+. The molecule has 0 fully saturated rings. The molecule has 0 aliphatic carbocycles. The number of aryl methyl sites for hydroxylation is 4. The lowest BCUT2D eigenvalue weighted by atomic mass is 9.92. The molecule has 1 N–H and O–H groups in total. The summed E-state index contributed by atoms with van der Waals surface area (Å²) in [6.07, 6.45) is 0. The summed E-state index contributed by atoms with van der Waals surface area (Å²) < 4.78 is 0.425. The number of anilines is 2. The summed E-state index contributed by atoms with van der Waals surface area (Å²) in [5.74, 6) is 0. The number of hydrogen-bond acceptors (Lipinski definition) is 1. The second-order valence-corrected chi connectivity index (χ2v) is 19.0. The molecule has 0 aliphatic rings. The summed E-state index contributed by atoms with van der Waals surface area (Å²) in [5, 5.41) is 19.2. The highest BCUT2D eigenvalue weighted by Gasteiger charge is 2.40. The van der Waals surface area contributed by atoms with Gasteiger partial charge in [-0.15, -0.1) is 0 Å². The Labute approximate surface area is 397 Å². The van der Waals surface area contributed by atoms with Gasteiger partial charge >= 0.3 is 0 Å². The maximum atomic E-state index is 3.74. The molecule has 2 nitrogen and oxygen atoms in total. The van der Waals surface area contributed by atoms with Crippen molar-refractivity contribution in [3.8, 4) is 22.3 Å². The van der Waals surface area contributed by atoms with Gasteiger partial charge in [0.05, 0.1) is 0 Å². The maximum Gasteiger partial charge on any atom is 0.149 e. The molecule has 0 heterocycles. The van der Waals surface area contributed by atoms with Crippen LogP contribution in [0.5, 0.6) is 0 Å². The molecule has 0 radical (unpaired) electrons. The minimum absolute atomic E-state index is 0.425. The third-order valence-corrected chi connectivity index (χ3v) is 14.7. The van der Waals surface area contributed by atoms with Crippen LogP contribution in [0.15, 0.2) is 218 Å². The second-order valence-electron chi connectivity index (χ2n) is 19.0. The summed E-state index contributed by atoms with van der Waals surface area (Å²) >= 11 is 0. The molecule has 0 aromatic heterocycles. The van der Waals surface area contributed by atoms with Gasteiger partial charge in [0.1, 0.15) is 22.7 Å². The smallest absolute Gasteiger partial charge is 0.149 e. The molecule has 0 spiro atoms. The normalized spacial score (nSPS) is 12.1. The molecule has 0 bridgehead atoms. The van der Waals surface area contributed by atoms with Crippen LogP contribution in [0, 0.1) is 27.7 Å². The summed E-state index contributed by atoms with van der Waals surface area (Å²) in [7, 11) is 0. The van der Waals surface area contributed by atoms with E-state index >= 15 is 0 Å². The number of benzene rings is 11. The minimum atomic E-state index is 0.425. The van der Waals surface area contributed by atoms with Gasteiger partial charge in [-0.3, -0.25) is 0 Å². The molecule has 0 atom stereocenters. The molecule has 68 heavy (non-hydrogen) atoms. The molecule has 0 unspecified atom stereocenters. The largest absolute Gasteiger partial charge is 0.356 e. The van der Waals surface area contributed by atoms with Gasteiger partial charge in [-0.2, -0.15) is 4.48 Å². The fourth-order valence-electron chi connectivity index (χ4n) is 11.4. The fraction of sp³-hybridized carbons (Fsp3) is 0.0606. The standard InChI is InChI=1S/C66H49N2/c1-41-15-24-48(25-16-41)67-49-26-34-57-58(38-49)56-36-35-54(45-11-7-5-8-12-45)60-40-61-59-39-53(37-47-23-33-55(46-13-9-6-10-14-46)64(62(47)59)66(61)65(57)63(56)60)68(50-27-17-42(2)18-28-50,51-29-19-43(3)20-30-51)52-31-21-44(4)22-32-52/h5-40,67H,1-4H3/q+1. The number of hydrogen-bond donors (Lipinski definition) is 1. The van der Waals surface area contributed by atoms with Crippen molar-refractivity contribution >= 4 is 98.8 Å². The van der Waals surface area contributed by atoms with Crippen molar-refractivity contribution in [2.45, 2.75) is 27.7 Å². The highest BCUT2D eigenvalue weighted by molar-refractivity contribution is 6.47. The summed E-state index contributed by atoms with van der Waals surface area (Å²) in [6, 6.07) is 82.3. The third-order valence-electron chi connectivity index (χ3n) is 14.7. The molecule has 13 rings (SSSR count). The van der Waals surface area contributed by atoms with Crippen molar-refractivity contribution < 1.29 is 0 Å². The van der Waals surface area contributed by atoms with E-state index in [9.17, 15) is 0 Å². The van der Waals surface area contributed by atoms with Crippen LogP contribution in [0.4, 0.5) is 34.1 Å². The molecule has 0 amide bonds. The number of quaternary nitrogens is 1. The Morgan fingerprint density at radius 1 is 0.279 bits per heavy atom. The van der Waals surface area contributed by atoms with Crippen molar-refractivity contribution in [2.24, 2.45) is 0 Å². The Hall–Kier alpha value is -8.30. The van der Waals surface area contributed by atoms with Gasteiger partial charge in [-0.25, -0.2) is 0 Å². The Balaban J connectivity index is 1.21. The van der Waals surface area contributed by atoms with Gasteiger partial charge in [0.25, 0.3) is 0 Å². The van der Waals surface area contributed by atoms with Gasteiger partial charge in [-0.05, 0) is 145 Å². The lowest BCUT2D eigenvalue weighted by Crippen LogP contribution is -2.33. The Morgan fingerprint density at radius 2 is 0.750 bits per heavy atom. The zero-order valence-electron chi connectivity index (χ0n) is 38.7. The van der Waals surface area contributed by atoms with E-state index in [2.05, 4.69) is 251 Å². The lowest BCUT2D eigenvalue weighted by Gasteiger charge is -2.37. The van der Waals surface area contributed by atoms with Crippen molar-refractivity contribution in [3.63, 3.8) is 0 Å². The van der Waals surface area contributed by atoms with Crippen molar-refractivity contribution in [2.75, 3.05) is 5.32 Å². The van der Waals surface area contributed by atoms with Crippen LogP contribution < -0.4 is 9.80 Å². The monoisotopic (exact) mass is 869 g/mol. The first-order valence-corrected chi connectivity index (χ1v) is 23.8. The van der Waals surface area contributed by atoms with Gasteiger partial charge in [0, 0.05) is 59.9 Å². The highest BCUT2D eigenvalue weighted by atomic mass is 15.4. The third kappa shape index (κ3) is 6.08. The highest BCUT2D eigenvalue weighted by Crippen LogP contribution is 2.57. The quantitative estimate of drug-likeness (QED) is 0.150. The van der Waals surface area contributed by atoms with Gasteiger partial charge in [0.15, 0.2) is 0 Å². The van der Waals surface area contributed by atoms with Crippen LogP contribution >= 0.6 is 0 Å². The van der Waals surface area contributed by atoms with E-state index in [0.29, 0.717) is 4.48 Å². The topological polar surface area (TPSA) is 12.0 Å². The van der Waals surface area contributed by atoms with Gasteiger partial charge in [0.2, 0.25) is 0 Å². The van der Waals surface area contributed by atoms with Crippen LogP contribution in [-0.2, 0) is 0 Å². The molecule has 13 aromatic carbocycles. The summed E-state index contributed by atoms with van der Waals surface area (Å²) in [5.41, 5.74) is 16.8. The molecule has 322 valence electrons. The molecule has 0 saturated heterocycles. The predicted molar refractivity (Wildman–Crippen MR) is 293 cm³/mol. The molecule has 0 saturated carbocycles. The predicted octanol–water partition coefficient (Wildman–Crippen LogP) is 19.1. The van der Waals surface area contributed by atoms with Crippen LogP contribution in [-0.4, -0.2) is 0 Å². The minimum Gasteiger partial charge on any atom is -0.356 e. The van der Waals surface area contributed by atoms with Crippen LogP contribution in [0.3, 0.4) is 0 Å². The first kappa shape index (κ1) is 40.0. The van der Waals surface area contributed by atoms with E-state index in [4.69, 9.17) is 0 Å². The first-order valence-electron chi connectivity index (χ1n) is 23.8. The Kier molecular flexibility index (Phi) is 9.05. The average Bonchev–Trinajstić information content (AvgIpc) is 3.88. The van der Waals surface area contributed by atoms with Crippen LogP contribution in [0.25, 0.3) is 86.9 Å². The number of rotatable bonds is 8. The number of nitrogens with zero attached hydrogens (tertiary/aromatic N) is 1. The summed E-state index contributed by atoms with van der Waals surface area (Å²) in [4.78, 5) is 0.